The van der Waals surface area contributed by atoms with E-state index in [0.717, 1.165) is 22.1 Å². The number of benzene rings is 2. The number of amides is 1. The smallest absolute Gasteiger partial charge is 0.268 e. The lowest BCUT2D eigenvalue weighted by Gasteiger charge is -2.14. The molecular weight excluding hydrogens is 382 g/mol. The van der Waals surface area contributed by atoms with Gasteiger partial charge in [0.1, 0.15) is 10.7 Å². The van der Waals surface area contributed by atoms with Crippen LogP contribution < -0.4 is 11.3 Å². The molecule has 1 radical (unpaired) electrons. The van der Waals surface area contributed by atoms with Crippen molar-refractivity contribution in [2.24, 2.45) is 11.7 Å². The molecule has 1 amide bonds. The monoisotopic (exact) mass is 402 g/mol. The van der Waals surface area contributed by atoms with Gasteiger partial charge in [0.05, 0.1) is 6.20 Å². The van der Waals surface area contributed by atoms with Crippen LogP contribution >= 0.6 is 11.3 Å². The van der Waals surface area contributed by atoms with Gasteiger partial charge in [-0.15, -0.1) is 11.3 Å². The van der Waals surface area contributed by atoms with Crippen molar-refractivity contribution < 1.29 is 4.79 Å². The summed E-state index contributed by atoms with van der Waals surface area (Å²) in [7, 11) is 0. The Morgan fingerprint density at radius 3 is 2.55 bits per heavy atom. The average molecular weight is 402 g/mol. The molecule has 2 aromatic carbocycles. The van der Waals surface area contributed by atoms with Crippen LogP contribution in [0.3, 0.4) is 0 Å². The number of carbonyl (C=O) groups excluding carboxylic acids is 1. The summed E-state index contributed by atoms with van der Waals surface area (Å²) in [6.45, 7) is 4.76. The molecule has 2 heterocycles. The van der Waals surface area contributed by atoms with Gasteiger partial charge >= 0.3 is 0 Å². The first kappa shape index (κ1) is 19.1. The maximum absolute atomic E-state index is 13.0. The van der Waals surface area contributed by atoms with Crippen LogP contribution in [0.4, 0.5) is 0 Å². The third-order valence-corrected chi connectivity index (χ3v) is 5.52. The topological polar surface area (TPSA) is 78.0 Å². The number of thiazole rings is 1. The average Bonchev–Trinajstić information content (AvgIpc) is 3.21. The molecule has 5 nitrogen and oxygen atoms in total. The molecule has 29 heavy (non-hydrogen) atoms. The lowest BCUT2D eigenvalue weighted by molar-refractivity contribution is 0.0996. The number of primary amides is 1. The fourth-order valence-corrected chi connectivity index (χ4v) is 4.11. The highest BCUT2D eigenvalue weighted by Crippen LogP contribution is 2.31. The quantitative estimate of drug-likeness (QED) is 0.539. The van der Waals surface area contributed by atoms with E-state index in [-0.39, 0.29) is 11.3 Å². The van der Waals surface area contributed by atoms with E-state index in [1.807, 2.05) is 48.5 Å². The molecular formula is C23H20N3O2S. The van der Waals surface area contributed by atoms with E-state index in [1.165, 1.54) is 11.3 Å². The van der Waals surface area contributed by atoms with Crippen molar-refractivity contribution in [3.63, 3.8) is 0 Å². The zero-order valence-corrected chi connectivity index (χ0v) is 17.0. The van der Waals surface area contributed by atoms with Crippen molar-refractivity contribution in [3.05, 3.63) is 76.2 Å². The van der Waals surface area contributed by atoms with Crippen LogP contribution in [0.25, 0.3) is 32.5 Å². The van der Waals surface area contributed by atoms with Crippen LogP contribution in [0.1, 0.15) is 24.3 Å². The van der Waals surface area contributed by atoms with Crippen molar-refractivity contribution in [3.8, 4) is 21.7 Å². The largest absolute Gasteiger partial charge is 0.364 e. The molecule has 4 aromatic rings. The second-order valence-corrected chi connectivity index (χ2v) is 8.18. The van der Waals surface area contributed by atoms with Gasteiger partial charge in [-0.05, 0) is 29.0 Å². The zero-order valence-electron chi connectivity index (χ0n) is 16.2. The Labute approximate surface area is 172 Å². The van der Waals surface area contributed by atoms with Crippen molar-refractivity contribution >= 4 is 28.0 Å². The van der Waals surface area contributed by atoms with E-state index in [1.54, 1.807) is 9.95 Å². The minimum absolute atomic E-state index is 0.0584. The summed E-state index contributed by atoms with van der Waals surface area (Å²) in [6, 6.07) is 15.6. The Morgan fingerprint density at radius 2 is 1.90 bits per heavy atom. The fraction of sp³-hybridized carbons (Fsp3) is 0.174. The first-order chi connectivity index (χ1) is 13.9. The summed E-state index contributed by atoms with van der Waals surface area (Å²) in [5.41, 5.74) is 8.21. The number of pyridine rings is 1. The summed E-state index contributed by atoms with van der Waals surface area (Å²) in [5, 5.41) is 3.78. The van der Waals surface area contributed by atoms with Crippen molar-refractivity contribution in [2.75, 3.05) is 0 Å². The van der Waals surface area contributed by atoms with Crippen molar-refractivity contribution in [1.29, 1.82) is 0 Å². The third-order valence-electron chi connectivity index (χ3n) is 4.63. The predicted molar refractivity (Wildman–Crippen MR) is 117 cm³/mol. The fourth-order valence-electron chi connectivity index (χ4n) is 3.30. The van der Waals surface area contributed by atoms with E-state index in [0.29, 0.717) is 22.9 Å². The highest BCUT2D eigenvalue weighted by molar-refractivity contribution is 7.13. The number of nitrogens with two attached hydrogens (primary N) is 1. The molecule has 2 aromatic heterocycles. The molecule has 0 atom stereocenters. The third kappa shape index (κ3) is 3.71. The molecule has 0 unspecified atom stereocenters. The molecule has 2 N–H and O–H groups in total. The van der Waals surface area contributed by atoms with Crippen LogP contribution in [0.2, 0.25) is 0 Å². The predicted octanol–water partition coefficient (Wildman–Crippen LogP) is 4.35. The van der Waals surface area contributed by atoms with Gasteiger partial charge in [0.15, 0.2) is 0 Å². The summed E-state index contributed by atoms with van der Waals surface area (Å²) < 4.78 is 1.67. The van der Waals surface area contributed by atoms with Crippen LogP contribution in [0, 0.1) is 12.1 Å². The number of nitrogens with zero attached hydrogens (tertiary/aromatic N) is 2. The molecule has 145 valence electrons. The van der Waals surface area contributed by atoms with Gasteiger partial charge in [0, 0.05) is 28.4 Å². The molecule has 0 saturated carbocycles. The minimum atomic E-state index is -0.553. The zero-order chi connectivity index (χ0) is 20.5. The molecule has 0 spiro atoms. The number of rotatable bonds is 5. The van der Waals surface area contributed by atoms with E-state index in [4.69, 9.17) is 5.73 Å². The van der Waals surface area contributed by atoms with Gasteiger partial charge in [-0.25, -0.2) is 4.98 Å². The van der Waals surface area contributed by atoms with Crippen LogP contribution in [0.15, 0.2) is 58.7 Å². The first-order valence-corrected chi connectivity index (χ1v) is 10.2. The van der Waals surface area contributed by atoms with E-state index < -0.39 is 5.91 Å². The lowest BCUT2D eigenvalue weighted by Crippen LogP contribution is -2.23. The maximum Gasteiger partial charge on any atom is 0.268 e. The second kappa shape index (κ2) is 7.64. The Morgan fingerprint density at radius 1 is 1.14 bits per heavy atom. The highest BCUT2D eigenvalue weighted by atomic mass is 32.1. The Hall–Kier alpha value is -3.25. The lowest BCUT2D eigenvalue weighted by atomic mass is 9.98. The number of aromatic nitrogens is 2. The second-order valence-electron chi connectivity index (χ2n) is 7.32. The summed E-state index contributed by atoms with van der Waals surface area (Å²) in [4.78, 5) is 28.7. The van der Waals surface area contributed by atoms with E-state index in [9.17, 15) is 9.59 Å². The van der Waals surface area contributed by atoms with Gasteiger partial charge in [0.2, 0.25) is 0 Å². The van der Waals surface area contributed by atoms with Crippen LogP contribution in [-0.4, -0.2) is 15.5 Å². The summed E-state index contributed by atoms with van der Waals surface area (Å²) in [5.74, 6) is -0.227. The maximum atomic E-state index is 13.0. The van der Waals surface area contributed by atoms with Crippen LogP contribution in [0.5, 0.6) is 0 Å². The molecule has 0 aliphatic carbocycles. The minimum Gasteiger partial charge on any atom is -0.364 e. The molecule has 6 heteroatoms. The van der Waals surface area contributed by atoms with Gasteiger partial charge < -0.3 is 10.3 Å². The van der Waals surface area contributed by atoms with E-state index in [2.05, 4.69) is 25.0 Å². The molecule has 0 aliphatic rings. The van der Waals surface area contributed by atoms with Gasteiger partial charge in [-0.3, -0.25) is 9.59 Å². The Balaban J connectivity index is 1.96. The molecule has 0 saturated heterocycles. The van der Waals surface area contributed by atoms with Gasteiger partial charge in [-0.1, -0.05) is 50.2 Å². The summed E-state index contributed by atoms with van der Waals surface area (Å²) in [6.07, 6.45) is 3.32. The van der Waals surface area contributed by atoms with E-state index >= 15 is 0 Å². The Kier molecular flexibility index (Phi) is 5.03. The normalized spacial score (nSPS) is 11.3. The number of hydrogen-bond acceptors (Lipinski definition) is 4. The van der Waals surface area contributed by atoms with Crippen LogP contribution in [-0.2, 0) is 6.54 Å². The summed E-state index contributed by atoms with van der Waals surface area (Å²) >= 11 is 1.35. The number of hydrogen-bond donors (Lipinski definition) is 1. The molecule has 0 aliphatic heterocycles. The van der Waals surface area contributed by atoms with Crippen molar-refractivity contribution in [2.45, 2.75) is 20.4 Å². The Bertz CT molecular complexity index is 1260. The molecule has 0 fully saturated rings. The van der Waals surface area contributed by atoms with Crippen molar-refractivity contribution in [1.82, 2.24) is 9.55 Å². The van der Waals surface area contributed by atoms with Gasteiger partial charge in [0.25, 0.3) is 11.5 Å². The molecule has 0 bridgehead atoms. The highest BCUT2D eigenvalue weighted by Gasteiger charge is 2.15. The molecule has 4 rings (SSSR count). The number of fused-ring (bicyclic) bond motifs is 1. The van der Waals surface area contributed by atoms with Gasteiger partial charge in [-0.2, -0.15) is 0 Å². The SMILES string of the molecule is CC(C)Cn1[c]c(-c2ccccc2)c2cc(-c3nc(C(N)=O)cs3)ccc2c1=O. The first-order valence-electron chi connectivity index (χ1n) is 9.35. The number of carbonyl (C=O) groups is 1. The standard InChI is InChI=1S/C23H20N3O2S/c1-14(2)11-26-12-19(15-6-4-3-5-7-15)18-10-16(8-9-17(18)23(26)28)22-25-20(13-29-22)21(24)27/h3-10,13-14H,11H2,1-2H3,(H2,24,27).